The highest BCUT2D eigenvalue weighted by Gasteiger charge is 2.53. The van der Waals surface area contributed by atoms with Crippen LogP contribution in [-0.2, 0) is 22.9 Å². The summed E-state index contributed by atoms with van der Waals surface area (Å²) in [4.78, 5) is 18.1. The van der Waals surface area contributed by atoms with Crippen LogP contribution in [0.2, 0.25) is 0 Å². The third-order valence-electron chi connectivity index (χ3n) is 7.48. The second-order valence-corrected chi connectivity index (χ2v) is 10.2. The van der Waals surface area contributed by atoms with Crippen LogP contribution in [0.1, 0.15) is 56.7 Å². The van der Waals surface area contributed by atoms with Crippen LogP contribution in [0, 0.1) is 17.3 Å². The Hall–Kier alpha value is -2.63. The summed E-state index contributed by atoms with van der Waals surface area (Å²) < 4.78 is 41.2. The number of nitrogens with zero attached hydrogens (tertiary/aromatic N) is 1. The first-order valence-electron chi connectivity index (χ1n) is 11.6. The number of benzene rings is 2. The van der Waals surface area contributed by atoms with Crippen LogP contribution in [0.3, 0.4) is 0 Å². The lowest BCUT2D eigenvalue weighted by molar-refractivity contribution is -0.137. The van der Waals surface area contributed by atoms with E-state index in [0.29, 0.717) is 12.0 Å². The van der Waals surface area contributed by atoms with Crippen molar-refractivity contribution in [2.24, 2.45) is 22.2 Å². The molecule has 2 aromatic carbocycles. The summed E-state index contributed by atoms with van der Waals surface area (Å²) in [5, 5.41) is 3.26. The van der Waals surface area contributed by atoms with Gasteiger partial charge in [-0.15, -0.1) is 0 Å². The first-order valence-corrected chi connectivity index (χ1v) is 11.6. The minimum atomic E-state index is -4.48. The highest BCUT2D eigenvalue weighted by atomic mass is 19.4. The monoisotopic (exact) mass is 456 g/mol. The lowest BCUT2D eigenvalue weighted by Gasteiger charge is -2.51. The predicted octanol–water partition coefficient (Wildman–Crippen LogP) is 6.18. The molecule has 0 spiro atoms. The number of hydrogen-bond acceptors (Lipinski definition) is 2. The predicted molar refractivity (Wildman–Crippen MR) is 124 cm³/mol. The van der Waals surface area contributed by atoms with E-state index in [9.17, 15) is 18.0 Å². The van der Waals surface area contributed by atoms with Crippen LogP contribution in [0.5, 0.6) is 0 Å². The lowest BCUT2D eigenvalue weighted by Crippen LogP contribution is -2.61. The molecule has 0 radical (unpaired) electrons. The van der Waals surface area contributed by atoms with E-state index in [1.54, 1.807) is 6.07 Å². The van der Waals surface area contributed by atoms with Crippen molar-refractivity contribution in [1.82, 2.24) is 5.32 Å². The average molecular weight is 457 g/mol. The molecule has 1 N–H and O–H groups in total. The summed E-state index contributed by atoms with van der Waals surface area (Å²) in [7, 11) is 0. The van der Waals surface area contributed by atoms with Gasteiger partial charge in [0.05, 0.1) is 17.1 Å². The first-order chi connectivity index (χ1) is 15.5. The molecule has 3 unspecified atom stereocenters. The van der Waals surface area contributed by atoms with Crippen LogP contribution in [0.4, 0.5) is 13.2 Å². The van der Waals surface area contributed by atoms with Crippen molar-refractivity contribution in [3.05, 3.63) is 71.3 Å². The number of carbonyl (C=O) groups excluding carboxylic acids is 1. The highest BCUT2D eigenvalue weighted by Crippen LogP contribution is 2.48. The summed E-state index contributed by atoms with van der Waals surface area (Å²) in [6.07, 6.45) is 0.161. The second-order valence-electron chi connectivity index (χ2n) is 10.2. The number of amides is 1. The van der Waals surface area contributed by atoms with E-state index in [1.165, 1.54) is 12.1 Å². The fourth-order valence-corrected chi connectivity index (χ4v) is 4.95. The second kappa shape index (κ2) is 8.62. The van der Waals surface area contributed by atoms with Gasteiger partial charge in [0.25, 0.3) is 0 Å². The minimum absolute atomic E-state index is 0.0842. The third-order valence-corrected chi connectivity index (χ3v) is 7.48. The SMILES string of the molecule is CC1CC=NC(C(Cc2ccccc2)(NC(=O)C2CC2)c2cccc(C(F)(F)F)c2)C1(C)C. The van der Waals surface area contributed by atoms with Crippen LogP contribution >= 0.6 is 0 Å². The molecule has 176 valence electrons. The van der Waals surface area contributed by atoms with E-state index in [2.05, 4.69) is 26.1 Å². The quantitative estimate of drug-likeness (QED) is 0.555. The Morgan fingerprint density at radius 1 is 1.06 bits per heavy atom. The number of aliphatic imine (C=N–C) groups is 1. The van der Waals surface area contributed by atoms with E-state index in [0.717, 1.165) is 30.9 Å². The van der Waals surface area contributed by atoms with Crippen molar-refractivity contribution in [3.8, 4) is 0 Å². The maximum Gasteiger partial charge on any atom is 0.416 e. The van der Waals surface area contributed by atoms with Crippen molar-refractivity contribution < 1.29 is 18.0 Å². The molecule has 6 heteroatoms. The number of alkyl halides is 3. The molecular weight excluding hydrogens is 425 g/mol. The van der Waals surface area contributed by atoms with Crippen LogP contribution < -0.4 is 5.32 Å². The van der Waals surface area contributed by atoms with Crippen molar-refractivity contribution >= 4 is 12.1 Å². The molecule has 1 amide bonds. The topological polar surface area (TPSA) is 41.5 Å². The zero-order valence-electron chi connectivity index (χ0n) is 19.3. The fraction of sp³-hybridized carbons (Fsp3) is 0.481. The van der Waals surface area contributed by atoms with Crippen molar-refractivity contribution in [2.45, 2.75) is 64.2 Å². The first kappa shape index (κ1) is 23.5. The highest BCUT2D eigenvalue weighted by molar-refractivity contribution is 5.82. The van der Waals surface area contributed by atoms with Crippen LogP contribution in [0.15, 0.2) is 59.6 Å². The number of rotatable bonds is 6. The molecule has 1 heterocycles. The molecular formula is C27H31F3N2O. The van der Waals surface area contributed by atoms with Crippen molar-refractivity contribution in [2.75, 3.05) is 0 Å². The molecule has 4 rings (SSSR count). The molecule has 1 saturated carbocycles. The molecule has 1 fully saturated rings. The fourth-order valence-electron chi connectivity index (χ4n) is 4.95. The summed E-state index contributed by atoms with van der Waals surface area (Å²) in [5.41, 5.74) is -0.801. The normalized spacial score (nSPS) is 24.2. The molecule has 33 heavy (non-hydrogen) atoms. The van der Waals surface area contributed by atoms with Gasteiger partial charge in [0, 0.05) is 12.3 Å². The molecule has 3 atom stereocenters. The zero-order chi connectivity index (χ0) is 23.9. The molecule has 2 aromatic rings. The van der Waals surface area contributed by atoms with E-state index in [4.69, 9.17) is 4.99 Å². The van der Waals surface area contributed by atoms with Gasteiger partial charge in [0.1, 0.15) is 0 Å². The van der Waals surface area contributed by atoms with Gasteiger partial charge >= 0.3 is 6.18 Å². The Morgan fingerprint density at radius 3 is 2.36 bits per heavy atom. The Bertz CT molecular complexity index is 1030. The molecule has 1 aliphatic heterocycles. The largest absolute Gasteiger partial charge is 0.416 e. The summed E-state index contributed by atoms with van der Waals surface area (Å²) >= 11 is 0. The molecule has 0 aromatic heterocycles. The summed E-state index contributed by atoms with van der Waals surface area (Å²) in [5.74, 6) is 0.0606. The van der Waals surface area contributed by atoms with Crippen molar-refractivity contribution in [3.63, 3.8) is 0 Å². The third kappa shape index (κ3) is 4.71. The van der Waals surface area contributed by atoms with Gasteiger partial charge in [0.15, 0.2) is 0 Å². The Balaban J connectivity index is 1.94. The smallest absolute Gasteiger partial charge is 0.344 e. The molecule has 2 aliphatic rings. The maximum absolute atomic E-state index is 13.7. The maximum atomic E-state index is 13.7. The van der Waals surface area contributed by atoms with Crippen molar-refractivity contribution in [1.29, 1.82) is 0 Å². The van der Waals surface area contributed by atoms with Gasteiger partial charge in [-0.25, -0.2) is 0 Å². The molecule has 3 nitrogen and oxygen atoms in total. The lowest BCUT2D eigenvalue weighted by atomic mass is 9.61. The van der Waals surface area contributed by atoms with Crippen LogP contribution in [-0.4, -0.2) is 18.2 Å². The van der Waals surface area contributed by atoms with E-state index in [-0.39, 0.29) is 23.2 Å². The standard InChI is InChI=1S/C27H31F3N2O/c1-18-14-15-31-24(25(18,2)3)26(32-23(33)20-12-13-20,17-19-8-5-4-6-9-19)21-10-7-11-22(16-21)27(28,29)30/h4-11,15-16,18,20,24H,12-14,17H2,1-3H3,(H,32,33). The van der Waals surface area contributed by atoms with Gasteiger partial charge in [0.2, 0.25) is 5.91 Å². The Labute approximate surface area is 193 Å². The molecule has 0 bridgehead atoms. The summed E-state index contributed by atoms with van der Waals surface area (Å²) in [6, 6.07) is 14.6. The van der Waals surface area contributed by atoms with Crippen LogP contribution in [0.25, 0.3) is 0 Å². The molecule has 0 saturated heterocycles. The Kier molecular flexibility index (Phi) is 6.14. The van der Waals surface area contributed by atoms with Gasteiger partial charge in [-0.2, -0.15) is 13.2 Å². The van der Waals surface area contributed by atoms with E-state index in [1.807, 2.05) is 36.5 Å². The van der Waals surface area contributed by atoms with E-state index < -0.39 is 23.3 Å². The van der Waals surface area contributed by atoms with Gasteiger partial charge in [-0.05, 0) is 60.1 Å². The summed E-state index contributed by atoms with van der Waals surface area (Å²) in [6.45, 7) is 6.35. The molecule has 1 aliphatic carbocycles. The Morgan fingerprint density at radius 2 is 1.73 bits per heavy atom. The van der Waals surface area contributed by atoms with Gasteiger partial charge in [-0.3, -0.25) is 9.79 Å². The minimum Gasteiger partial charge on any atom is -0.344 e. The van der Waals surface area contributed by atoms with E-state index >= 15 is 0 Å². The van der Waals surface area contributed by atoms with Gasteiger partial charge in [-0.1, -0.05) is 63.2 Å². The number of carbonyl (C=O) groups is 1. The number of hydrogen-bond donors (Lipinski definition) is 1. The average Bonchev–Trinajstić information content (AvgIpc) is 3.61. The number of halogens is 3. The zero-order valence-corrected chi connectivity index (χ0v) is 19.3. The number of nitrogens with one attached hydrogen (secondary N) is 1. The van der Waals surface area contributed by atoms with Gasteiger partial charge < -0.3 is 5.32 Å².